The molecular weight excluding hydrogens is 184 g/mol. The Balaban J connectivity index is 4.34. The van der Waals surface area contributed by atoms with Gasteiger partial charge >= 0.3 is 5.97 Å². The van der Waals surface area contributed by atoms with E-state index in [1.54, 1.807) is 4.72 Å². The zero-order valence-corrected chi connectivity index (χ0v) is 7.04. The van der Waals surface area contributed by atoms with Gasteiger partial charge in [0.25, 0.3) is 10.2 Å². The molecule has 6 nitrogen and oxygen atoms in total. The van der Waals surface area contributed by atoms with Crippen molar-refractivity contribution < 1.29 is 18.3 Å². The average molecular weight is 194 g/mol. The number of nitrogens with two attached hydrogens (primary N) is 1. The molecule has 0 saturated carbocycles. The Morgan fingerprint density at radius 1 is 1.75 bits per heavy atom. The fraction of sp³-hybridized carbons (Fsp3) is 0.400. The lowest BCUT2D eigenvalue weighted by Crippen LogP contribution is -2.43. The van der Waals surface area contributed by atoms with Crippen LogP contribution in [0.25, 0.3) is 0 Å². The highest BCUT2D eigenvalue weighted by Crippen LogP contribution is 1.93. The maximum absolute atomic E-state index is 10.4. The van der Waals surface area contributed by atoms with Crippen LogP contribution < -0.4 is 9.86 Å². The van der Waals surface area contributed by atoms with Gasteiger partial charge in [0.1, 0.15) is 6.04 Å². The lowest BCUT2D eigenvalue weighted by molar-refractivity contribution is -0.138. The van der Waals surface area contributed by atoms with Gasteiger partial charge in [0, 0.05) is 0 Å². The topological polar surface area (TPSA) is 109 Å². The number of carbonyl (C=O) groups is 1. The lowest BCUT2D eigenvalue weighted by atomic mass is 10.2. The van der Waals surface area contributed by atoms with E-state index in [2.05, 4.69) is 11.7 Å². The number of rotatable bonds is 5. The van der Waals surface area contributed by atoms with Crippen molar-refractivity contribution in [3.63, 3.8) is 0 Å². The van der Waals surface area contributed by atoms with Crippen LogP contribution in [0.15, 0.2) is 12.7 Å². The number of hydrogen-bond donors (Lipinski definition) is 3. The largest absolute Gasteiger partial charge is 0.480 e. The Bertz CT molecular complexity index is 271. The Morgan fingerprint density at radius 2 is 2.25 bits per heavy atom. The second kappa shape index (κ2) is 4.19. The van der Waals surface area contributed by atoms with Crippen LogP contribution in [0, 0.1) is 0 Å². The molecule has 4 N–H and O–H groups in total. The summed E-state index contributed by atoms with van der Waals surface area (Å²) in [5.41, 5.74) is 0. The minimum absolute atomic E-state index is 0.00817. The van der Waals surface area contributed by atoms with E-state index in [4.69, 9.17) is 5.11 Å². The average Bonchev–Trinajstić information content (AvgIpc) is 1.83. The fourth-order valence-corrected chi connectivity index (χ4v) is 1.16. The molecule has 0 saturated heterocycles. The SMILES string of the molecule is C=CCC(NS(N)(=O)=O)C(=O)O. The van der Waals surface area contributed by atoms with Gasteiger partial charge in [-0.2, -0.15) is 13.1 Å². The molecule has 0 bridgehead atoms. The van der Waals surface area contributed by atoms with Crippen LogP contribution in [0.1, 0.15) is 6.42 Å². The van der Waals surface area contributed by atoms with Crippen molar-refractivity contribution in [2.75, 3.05) is 0 Å². The number of aliphatic carboxylic acids is 1. The molecule has 0 aromatic heterocycles. The molecule has 0 rings (SSSR count). The first-order valence-electron chi connectivity index (χ1n) is 3.00. The van der Waals surface area contributed by atoms with Crippen LogP contribution in [0.5, 0.6) is 0 Å². The van der Waals surface area contributed by atoms with Crippen molar-refractivity contribution in [2.45, 2.75) is 12.5 Å². The van der Waals surface area contributed by atoms with Gasteiger partial charge in [0.2, 0.25) is 0 Å². The monoisotopic (exact) mass is 194 g/mol. The van der Waals surface area contributed by atoms with Gasteiger partial charge in [-0.3, -0.25) is 4.79 Å². The third kappa shape index (κ3) is 4.83. The molecule has 0 spiro atoms. The van der Waals surface area contributed by atoms with Crippen LogP contribution in [0.2, 0.25) is 0 Å². The van der Waals surface area contributed by atoms with Crippen molar-refractivity contribution in [2.24, 2.45) is 5.14 Å². The van der Waals surface area contributed by atoms with Gasteiger partial charge in [-0.25, -0.2) is 5.14 Å². The smallest absolute Gasteiger partial charge is 0.322 e. The van der Waals surface area contributed by atoms with Gasteiger partial charge in [0.15, 0.2) is 0 Å². The van der Waals surface area contributed by atoms with Gasteiger partial charge in [-0.1, -0.05) is 6.08 Å². The van der Waals surface area contributed by atoms with Crippen molar-refractivity contribution in [3.8, 4) is 0 Å². The number of nitrogens with one attached hydrogen (secondary N) is 1. The summed E-state index contributed by atoms with van der Waals surface area (Å²) in [7, 11) is -3.97. The fourth-order valence-electron chi connectivity index (χ4n) is 0.564. The first-order valence-corrected chi connectivity index (χ1v) is 4.55. The maximum atomic E-state index is 10.4. The van der Waals surface area contributed by atoms with Crippen LogP contribution in [0.3, 0.4) is 0 Å². The minimum atomic E-state index is -3.97. The van der Waals surface area contributed by atoms with Gasteiger partial charge in [0.05, 0.1) is 0 Å². The Hall–Kier alpha value is -0.920. The normalized spacial score (nSPS) is 13.8. The highest BCUT2D eigenvalue weighted by molar-refractivity contribution is 7.87. The van der Waals surface area contributed by atoms with E-state index in [1.165, 1.54) is 6.08 Å². The second-order valence-corrected chi connectivity index (χ2v) is 3.40. The van der Waals surface area contributed by atoms with Crippen molar-refractivity contribution in [3.05, 3.63) is 12.7 Å². The van der Waals surface area contributed by atoms with E-state index in [-0.39, 0.29) is 6.42 Å². The summed E-state index contributed by atoms with van der Waals surface area (Å²) in [5, 5.41) is 13.0. The summed E-state index contributed by atoms with van der Waals surface area (Å²) < 4.78 is 22.5. The van der Waals surface area contributed by atoms with Crippen molar-refractivity contribution in [1.82, 2.24) is 4.72 Å². The minimum Gasteiger partial charge on any atom is -0.480 e. The number of carboxylic acid groups (broad SMARTS) is 1. The summed E-state index contributed by atoms with van der Waals surface area (Å²) in [6.07, 6.45) is 1.28. The van der Waals surface area contributed by atoms with Crippen molar-refractivity contribution in [1.29, 1.82) is 0 Å². The summed E-state index contributed by atoms with van der Waals surface area (Å²) in [5.74, 6) is -1.29. The van der Waals surface area contributed by atoms with Crippen molar-refractivity contribution >= 4 is 16.2 Å². The molecule has 70 valence electrons. The van der Waals surface area contributed by atoms with Crippen LogP contribution in [0.4, 0.5) is 0 Å². The highest BCUT2D eigenvalue weighted by Gasteiger charge is 2.19. The van der Waals surface area contributed by atoms with E-state index in [9.17, 15) is 13.2 Å². The van der Waals surface area contributed by atoms with Gasteiger partial charge in [-0.05, 0) is 6.42 Å². The number of carboxylic acids is 1. The highest BCUT2D eigenvalue weighted by atomic mass is 32.2. The first-order chi connectivity index (χ1) is 5.37. The Labute approximate surface area is 70.3 Å². The van der Waals surface area contributed by atoms with E-state index >= 15 is 0 Å². The third-order valence-corrected chi connectivity index (χ3v) is 1.62. The molecule has 0 aromatic carbocycles. The molecule has 1 unspecified atom stereocenters. The zero-order chi connectivity index (χ0) is 9.78. The predicted molar refractivity (Wildman–Crippen MR) is 42.5 cm³/mol. The standard InChI is InChI=1S/C5H10N2O4S/c1-2-3-4(5(8)9)7-12(6,10)11/h2,4,7H,1,3H2,(H,8,9)(H2,6,10,11). The van der Waals surface area contributed by atoms with E-state index < -0.39 is 22.2 Å². The zero-order valence-electron chi connectivity index (χ0n) is 6.23. The molecule has 12 heavy (non-hydrogen) atoms. The summed E-state index contributed by atoms with van der Waals surface area (Å²) in [4.78, 5) is 10.3. The first kappa shape index (κ1) is 11.1. The van der Waals surface area contributed by atoms with E-state index in [1.807, 2.05) is 0 Å². The molecule has 0 radical (unpaired) electrons. The summed E-state index contributed by atoms with van der Waals surface area (Å²) in [6.45, 7) is 3.27. The molecule has 0 aromatic rings. The molecule has 0 heterocycles. The molecule has 0 amide bonds. The number of hydrogen-bond acceptors (Lipinski definition) is 3. The van der Waals surface area contributed by atoms with Gasteiger partial charge < -0.3 is 5.11 Å². The molecule has 0 fully saturated rings. The summed E-state index contributed by atoms with van der Waals surface area (Å²) in [6, 6.07) is -1.24. The van der Waals surface area contributed by atoms with E-state index in [0.717, 1.165) is 0 Å². The van der Waals surface area contributed by atoms with Gasteiger partial charge in [-0.15, -0.1) is 6.58 Å². The summed E-state index contributed by atoms with van der Waals surface area (Å²) >= 11 is 0. The van der Waals surface area contributed by atoms with Crippen LogP contribution in [-0.2, 0) is 15.0 Å². The van der Waals surface area contributed by atoms with E-state index in [0.29, 0.717) is 0 Å². The molecule has 0 aliphatic carbocycles. The van der Waals surface area contributed by atoms with Crippen LogP contribution >= 0.6 is 0 Å². The van der Waals surface area contributed by atoms with Crippen LogP contribution in [-0.4, -0.2) is 25.5 Å². The molecule has 0 aliphatic heterocycles. The third-order valence-electron chi connectivity index (χ3n) is 1.01. The second-order valence-electron chi connectivity index (χ2n) is 2.08. The lowest BCUT2D eigenvalue weighted by Gasteiger charge is -2.09. The molecule has 0 aliphatic rings. The Kier molecular flexibility index (Phi) is 3.87. The maximum Gasteiger partial charge on any atom is 0.322 e. The molecule has 7 heteroatoms. The predicted octanol–water partition coefficient (Wildman–Crippen LogP) is -1.19. The molecular formula is C5H10N2O4S. The molecule has 1 atom stereocenters. The quantitative estimate of drug-likeness (QED) is 0.478. The Morgan fingerprint density at radius 3 is 2.50 bits per heavy atom.